The van der Waals surface area contributed by atoms with Crippen LogP contribution in [0.3, 0.4) is 0 Å². The van der Waals surface area contributed by atoms with Crippen molar-refractivity contribution in [2.75, 3.05) is 12.4 Å². The minimum absolute atomic E-state index is 0.132. The second-order valence-electron chi connectivity index (χ2n) is 4.33. The van der Waals surface area contributed by atoms with E-state index in [4.69, 9.17) is 0 Å². The minimum atomic E-state index is -4.44. The molecule has 0 spiro atoms. The highest BCUT2D eigenvalue weighted by molar-refractivity contribution is 8.00. The normalized spacial score (nSPS) is 13.3. The van der Waals surface area contributed by atoms with Gasteiger partial charge in [-0.05, 0) is 18.6 Å². The molecule has 21 heavy (non-hydrogen) atoms. The van der Waals surface area contributed by atoms with Gasteiger partial charge in [-0.1, -0.05) is 18.2 Å². The fraction of sp³-hybridized carbons (Fsp3) is 0.357. The molecule has 1 N–H and O–H groups in total. The summed E-state index contributed by atoms with van der Waals surface area (Å²) in [4.78, 5) is 14.1. The fourth-order valence-electron chi connectivity index (χ4n) is 2.03. The van der Waals surface area contributed by atoms with Crippen molar-refractivity contribution in [3.63, 3.8) is 0 Å². The number of aromatic amines is 1. The second-order valence-corrected chi connectivity index (χ2v) is 5.42. The number of alkyl halides is 3. The molecule has 1 aromatic heterocycles. The van der Waals surface area contributed by atoms with Crippen LogP contribution in [0.5, 0.6) is 0 Å². The Morgan fingerprint density at radius 3 is 2.76 bits per heavy atom. The van der Waals surface area contributed by atoms with E-state index < -0.39 is 17.4 Å². The van der Waals surface area contributed by atoms with E-state index in [0.29, 0.717) is 22.7 Å². The average molecular weight is 317 g/mol. The summed E-state index contributed by atoms with van der Waals surface area (Å²) in [6.07, 6.45) is -3.09. The highest BCUT2D eigenvalue weighted by Gasteiger charge is 2.42. The molecule has 1 atom stereocenters. The Balaban J connectivity index is 2.26. The molecule has 0 aliphatic rings. The number of carbonyl (C=O) groups excluding carboxylic acids is 1. The molecule has 0 fully saturated rings. The summed E-state index contributed by atoms with van der Waals surface area (Å²) >= 11 is 0.530. The van der Waals surface area contributed by atoms with Crippen molar-refractivity contribution >= 4 is 28.6 Å². The lowest BCUT2D eigenvalue weighted by Crippen LogP contribution is -2.20. The number of ether oxygens (including phenoxy) is 1. The minimum Gasteiger partial charge on any atom is -0.465 e. The smallest absolute Gasteiger partial charge is 0.404 e. The van der Waals surface area contributed by atoms with Crippen molar-refractivity contribution in [1.29, 1.82) is 0 Å². The number of aromatic nitrogens is 1. The van der Waals surface area contributed by atoms with Crippen LogP contribution in [0.1, 0.15) is 17.7 Å². The van der Waals surface area contributed by atoms with Gasteiger partial charge in [-0.25, -0.2) is 0 Å². The van der Waals surface area contributed by atoms with E-state index in [1.54, 1.807) is 31.2 Å². The van der Waals surface area contributed by atoms with Gasteiger partial charge in [-0.15, -0.1) is 11.8 Å². The number of nitrogens with one attached hydrogen (secondary N) is 1. The molecular weight excluding hydrogens is 303 g/mol. The first-order valence-corrected chi connectivity index (χ1v) is 7.38. The van der Waals surface area contributed by atoms with E-state index in [1.165, 1.54) is 6.20 Å². The second kappa shape index (κ2) is 6.43. The van der Waals surface area contributed by atoms with Gasteiger partial charge in [0, 0.05) is 17.1 Å². The molecule has 0 aliphatic heterocycles. The third kappa shape index (κ3) is 3.72. The molecule has 0 saturated heterocycles. The lowest BCUT2D eigenvalue weighted by Gasteiger charge is -2.19. The van der Waals surface area contributed by atoms with E-state index in [9.17, 15) is 18.0 Å². The predicted molar refractivity (Wildman–Crippen MR) is 76.2 cm³/mol. The molecule has 0 aliphatic carbocycles. The van der Waals surface area contributed by atoms with Crippen molar-refractivity contribution in [2.45, 2.75) is 18.3 Å². The summed E-state index contributed by atoms with van der Waals surface area (Å²) in [6.45, 7) is 1.77. The third-order valence-electron chi connectivity index (χ3n) is 2.87. The number of halogens is 3. The number of hydrogen-bond acceptors (Lipinski definition) is 3. The van der Waals surface area contributed by atoms with Gasteiger partial charge < -0.3 is 9.72 Å². The quantitative estimate of drug-likeness (QED) is 0.845. The van der Waals surface area contributed by atoms with Gasteiger partial charge in [-0.3, -0.25) is 4.79 Å². The fourth-order valence-corrected chi connectivity index (χ4v) is 2.98. The van der Waals surface area contributed by atoms with Crippen LogP contribution in [-0.2, 0) is 9.53 Å². The summed E-state index contributed by atoms with van der Waals surface area (Å²) in [6, 6.07) is 6.77. The number of H-pyrrole nitrogens is 1. The SMILES string of the molecule is CCOC(=O)CSC(c1c[nH]c2ccccc12)C(F)(F)F. The number of rotatable bonds is 5. The van der Waals surface area contributed by atoms with E-state index >= 15 is 0 Å². The number of thioether (sulfide) groups is 1. The maximum Gasteiger partial charge on any atom is 0.404 e. The molecule has 0 bridgehead atoms. The van der Waals surface area contributed by atoms with Gasteiger partial charge in [0.15, 0.2) is 0 Å². The molecule has 114 valence electrons. The number of carbonyl (C=O) groups is 1. The van der Waals surface area contributed by atoms with Crippen molar-refractivity contribution in [2.24, 2.45) is 0 Å². The summed E-state index contributed by atoms with van der Waals surface area (Å²) in [7, 11) is 0. The predicted octanol–water partition coefficient (Wildman–Crippen LogP) is 4.07. The zero-order valence-corrected chi connectivity index (χ0v) is 12.1. The van der Waals surface area contributed by atoms with Crippen molar-refractivity contribution in [3.8, 4) is 0 Å². The van der Waals surface area contributed by atoms with Crippen LogP contribution in [0.2, 0.25) is 0 Å². The molecule has 0 amide bonds. The summed E-state index contributed by atoms with van der Waals surface area (Å²) in [5.74, 6) is -0.978. The highest BCUT2D eigenvalue weighted by Crippen LogP contribution is 2.45. The number of para-hydroxylation sites is 1. The zero-order chi connectivity index (χ0) is 15.5. The molecule has 2 rings (SSSR count). The van der Waals surface area contributed by atoms with Crippen LogP contribution >= 0.6 is 11.8 Å². The van der Waals surface area contributed by atoms with Gasteiger partial charge in [0.1, 0.15) is 5.25 Å². The molecule has 7 heteroatoms. The van der Waals surface area contributed by atoms with Gasteiger partial charge in [0.2, 0.25) is 0 Å². The maximum atomic E-state index is 13.3. The van der Waals surface area contributed by atoms with E-state index in [-0.39, 0.29) is 17.9 Å². The molecular formula is C14H14F3NO2S. The highest BCUT2D eigenvalue weighted by atomic mass is 32.2. The monoisotopic (exact) mass is 317 g/mol. The topological polar surface area (TPSA) is 42.1 Å². The third-order valence-corrected chi connectivity index (χ3v) is 4.13. The van der Waals surface area contributed by atoms with Crippen LogP contribution in [0.4, 0.5) is 13.2 Å². The lowest BCUT2D eigenvalue weighted by molar-refractivity contribution is -0.140. The molecule has 1 unspecified atom stereocenters. The number of hydrogen-bond donors (Lipinski definition) is 1. The van der Waals surface area contributed by atoms with Gasteiger partial charge in [-0.2, -0.15) is 13.2 Å². The first-order chi connectivity index (χ1) is 9.93. The average Bonchev–Trinajstić information content (AvgIpc) is 2.82. The Bertz CT molecular complexity index is 624. The Morgan fingerprint density at radius 2 is 2.10 bits per heavy atom. The lowest BCUT2D eigenvalue weighted by atomic mass is 10.1. The van der Waals surface area contributed by atoms with Crippen LogP contribution < -0.4 is 0 Å². The van der Waals surface area contributed by atoms with Crippen molar-refractivity contribution in [1.82, 2.24) is 4.98 Å². The number of esters is 1. The molecule has 0 saturated carbocycles. The Morgan fingerprint density at radius 1 is 1.38 bits per heavy atom. The molecule has 3 nitrogen and oxygen atoms in total. The largest absolute Gasteiger partial charge is 0.465 e. The van der Waals surface area contributed by atoms with E-state index in [2.05, 4.69) is 9.72 Å². The van der Waals surface area contributed by atoms with Gasteiger partial charge >= 0.3 is 12.1 Å². The van der Waals surface area contributed by atoms with Crippen LogP contribution in [0, 0.1) is 0 Å². The summed E-state index contributed by atoms with van der Waals surface area (Å²) in [5.41, 5.74) is 0.769. The maximum absolute atomic E-state index is 13.3. The number of benzene rings is 1. The first-order valence-electron chi connectivity index (χ1n) is 6.33. The molecule has 0 radical (unpaired) electrons. The van der Waals surface area contributed by atoms with Crippen LogP contribution in [0.15, 0.2) is 30.5 Å². The Labute approximate surface area is 123 Å². The van der Waals surface area contributed by atoms with Crippen LogP contribution in [-0.4, -0.2) is 29.5 Å². The van der Waals surface area contributed by atoms with Gasteiger partial charge in [0.05, 0.1) is 12.4 Å². The Kier molecular flexibility index (Phi) is 4.82. The van der Waals surface area contributed by atoms with Gasteiger partial charge in [0.25, 0.3) is 0 Å². The van der Waals surface area contributed by atoms with E-state index in [0.717, 1.165) is 0 Å². The van der Waals surface area contributed by atoms with Crippen molar-refractivity contribution < 1.29 is 22.7 Å². The summed E-state index contributed by atoms with van der Waals surface area (Å²) < 4.78 is 44.5. The Hall–Kier alpha value is -1.63. The van der Waals surface area contributed by atoms with Crippen LogP contribution in [0.25, 0.3) is 10.9 Å². The summed E-state index contributed by atoms with van der Waals surface area (Å²) in [5, 5.41) is -1.26. The molecule has 1 aromatic carbocycles. The standard InChI is InChI=1S/C14H14F3NO2S/c1-2-20-12(19)8-21-13(14(15,16)17)10-7-18-11-6-4-3-5-9(10)11/h3-7,13,18H,2,8H2,1H3. The number of fused-ring (bicyclic) bond motifs is 1. The molecule has 2 aromatic rings. The van der Waals surface area contributed by atoms with Crippen molar-refractivity contribution in [3.05, 3.63) is 36.0 Å². The molecule has 1 heterocycles. The zero-order valence-electron chi connectivity index (χ0n) is 11.2. The first kappa shape index (κ1) is 15.8. The van der Waals surface area contributed by atoms with E-state index in [1.807, 2.05) is 0 Å².